The van der Waals surface area contributed by atoms with Gasteiger partial charge < -0.3 is 16.3 Å². The number of hydrazone groups is 1. The number of nitrogens with zero attached hydrogens (tertiary/aromatic N) is 5. The number of nitrogens with two attached hydrogens (primary N) is 1. The molecule has 2 heterocycles. The maximum absolute atomic E-state index is 9.79. The van der Waals surface area contributed by atoms with Crippen LogP contribution in [-0.4, -0.2) is 31.1 Å². The molecule has 2 aromatic heterocycles. The highest BCUT2D eigenvalue weighted by molar-refractivity contribution is 6.42. The van der Waals surface area contributed by atoms with Crippen molar-refractivity contribution in [2.75, 3.05) is 5.32 Å². The predicted octanol–water partition coefficient (Wildman–Crippen LogP) is 3.48. The van der Waals surface area contributed by atoms with Gasteiger partial charge in [0.15, 0.2) is 5.82 Å². The van der Waals surface area contributed by atoms with E-state index in [1.165, 1.54) is 12.1 Å². The number of halogens is 2. The third kappa shape index (κ3) is 3.40. The third-order valence-electron chi connectivity index (χ3n) is 3.77. The van der Waals surface area contributed by atoms with Crippen LogP contribution < -0.4 is 11.2 Å². The van der Waals surface area contributed by atoms with Gasteiger partial charge in [0.25, 0.3) is 0 Å². The number of anilines is 2. The molecule has 0 aliphatic carbocycles. The van der Waals surface area contributed by atoms with Gasteiger partial charge in [-0.3, -0.25) is 0 Å². The van der Waals surface area contributed by atoms with Crippen molar-refractivity contribution < 1.29 is 9.74 Å². The van der Waals surface area contributed by atoms with Crippen LogP contribution >= 0.6 is 23.2 Å². The Morgan fingerprint density at radius 1 is 1.04 bits per heavy atom. The van der Waals surface area contributed by atoms with Crippen molar-refractivity contribution in [3.8, 4) is 5.75 Å². The minimum absolute atomic E-state index is 0.0507. The lowest BCUT2D eigenvalue weighted by molar-refractivity contribution is 0.314. The first-order valence-electron chi connectivity index (χ1n) is 7.85. The minimum atomic E-state index is 0.0507. The Bertz CT molecular complexity index is 1210. The number of aromatic hydroxyl groups is 1. The second-order valence-electron chi connectivity index (χ2n) is 5.61. The van der Waals surface area contributed by atoms with E-state index < -0.39 is 0 Å². The van der Waals surface area contributed by atoms with E-state index in [1.807, 2.05) is 0 Å². The molecule has 11 heteroatoms. The van der Waals surface area contributed by atoms with Gasteiger partial charge in [-0.1, -0.05) is 35.3 Å². The molecule has 4 N–H and O–H groups in total. The Labute approximate surface area is 167 Å². The predicted molar refractivity (Wildman–Crippen MR) is 105 cm³/mol. The van der Waals surface area contributed by atoms with Crippen LogP contribution in [0.25, 0.3) is 11.3 Å². The topological polar surface area (TPSA) is 135 Å². The highest BCUT2D eigenvalue weighted by Crippen LogP contribution is 2.28. The highest BCUT2D eigenvalue weighted by Gasteiger charge is 2.20. The fourth-order valence-electron chi connectivity index (χ4n) is 2.53. The molecule has 0 atom stereocenters. The molecule has 0 fully saturated rings. The van der Waals surface area contributed by atoms with Crippen molar-refractivity contribution in [2.24, 2.45) is 10.9 Å². The molecule has 0 saturated heterocycles. The first-order chi connectivity index (χ1) is 13.5. The monoisotopic (exact) mass is 415 g/mol. The SMILES string of the molecule is N/N=C(\c1cccc(O)c1)c1nc2nonc2nc1Nc1ccc(Cl)c(Cl)c1. The van der Waals surface area contributed by atoms with Gasteiger partial charge in [0.2, 0.25) is 11.3 Å². The number of benzene rings is 2. The third-order valence-corrected chi connectivity index (χ3v) is 4.51. The summed E-state index contributed by atoms with van der Waals surface area (Å²) in [5.74, 6) is 5.96. The fourth-order valence-corrected chi connectivity index (χ4v) is 2.82. The number of nitrogens with one attached hydrogen (secondary N) is 1. The molecule has 0 unspecified atom stereocenters. The van der Waals surface area contributed by atoms with Gasteiger partial charge in [0.05, 0.1) is 10.0 Å². The molecule has 28 heavy (non-hydrogen) atoms. The van der Waals surface area contributed by atoms with Crippen molar-refractivity contribution in [3.63, 3.8) is 0 Å². The molecule has 4 aromatic rings. The summed E-state index contributed by atoms with van der Waals surface area (Å²) in [4.78, 5) is 8.79. The van der Waals surface area contributed by atoms with E-state index in [-0.39, 0.29) is 34.3 Å². The van der Waals surface area contributed by atoms with E-state index in [0.29, 0.717) is 21.3 Å². The van der Waals surface area contributed by atoms with Crippen LogP contribution in [-0.2, 0) is 0 Å². The lowest BCUT2D eigenvalue weighted by Gasteiger charge is -2.12. The molecule has 0 amide bonds. The maximum atomic E-state index is 9.79. The molecule has 0 aliphatic rings. The summed E-state index contributed by atoms with van der Waals surface area (Å²) in [5.41, 5.74) is 2.06. The summed E-state index contributed by atoms with van der Waals surface area (Å²) in [5, 5.41) is 24.9. The smallest absolute Gasteiger partial charge is 0.245 e. The van der Waals surface area contributed by atoms with Crippen LogP contribution in [0.4, 0.5) is 11.5 Å². The number of hydrogen-bond acceptors (Lipinski definition) is 9. The lowest BCUT2D eigenvalue weighted by Crippen LogP contribution is -2.13. The van der Waals surface area contributed by atoms with Crippen molar-refractivity contribution in [1.82, 2.24) is 20.3 Å². The molecule has 0 aliphatic heterocycles. The summed E-state index contributed by atoms with van der Waals surface area (Å²) in [7, 11) is 0. The Balaban J connectivity index is 1.86. The number of phenolic OH excluding ortho intramolecular Hbond substituents is 1. The van der Waals surface area contributed by atoms with Gasteiger partial charge in [-0.25, -0.2) is 14.6 Å². The lowest BCUT2D eigenvalue weighted by atomic mass is 10.1. The molecular formula is C17H11Cl2N7O2. The summed E-state index contributed by atoms with van der Waals surface area (Å²) in [6.45, 7) is 0. The zero-order chi connectivity index (χ0) is 19.7. The molecule has 0 spiro atoms. The zero-order valence-corrected chi connectivity index (χ0v) is 15.5. The van der Waals surface area contributed by atoms with Crippen LogP contribution in [0.5, 0.6) is 5.75 Å². The standard InChI is InChI=1S/C17H11Cl2N7O2/c18-11-5-4-9(7-12(11)19)21-15-14(22-16-17(23-15)26-28-25-16)13(24-20)8-2-1-3-10(27)6-8/h1-7,27H,20H2,(H,21,23,26)/b24-13+. The van der Waals surface area contributed by atoms with E-state index in [9.17, 15) is 5.11 Å². The summed E-state index contributed by atoms with van der Waals surface area (Å²) >= 11 is 12.1. The summed E-state index contributed by atoms with van der Waals surface area (Å²) in [6, 6.07) is 11.4. The van der Waals surface area contributed by atoms with E-state index in [1.54, 1.807) is 30.3 Å². The van der Waals surface area contributed by atoms with Gasteiger partial charge in [-0.15, -0.1) is 0 Å². The average Bonchev–Trinajstić information content (AvgIpc) is 3.13. The van der Waals surface area contributed by atoms with E-state index >= 15 is 0 Å². The molecule has 0 bridgehead atoms. The number of aromatic nitrogens is 4. The number of phenols is 1. The Hall–Kier alpha value is -3.43. The van der Waals surface area contributed by atoms with Crippen molar-refractivity contribution >= 4 is 51.7 Å². The largest absolute Gasteiger partial charge is 0.508 e. The van der Waals surface area contributed by atoms with Crippen molar-refractivity contribution in [1.29, 1.82) is 0 Å². The van der Waals surface area contributed by atoms with Crippen LogP contribution in [0.1, 0.15) is 11.3 Å². The van der Waals surface area contributed by atoms with Gasteiger partial charge in [-0.05, 0) is 40.6 Å². The normalized spacial score (nSPS) is 11.7. The molecule has 4 rings (SSSR count). The Morgan fingerprint density at radius 2 is 1.82 bits per heavy atom. The molecule has 140 valence electrons. The van der Waals surface area contributed by atoms with Crippen LogP contribution in [0, 0.1) is 0 Å². The summed E-state index contributed by atoms with van der Waals surface area (Å²) < 4.78 is 4.70. The van der Waals surface area contributed by atoms with E-state index in [4.69, 9.17) is 33.7 Å². The van der Waals surface area contributed by atoms with Gasteiger partial charge in [-0.2, -0.15) is 5.10 Å². The van der Waals surface area contributed by atoms with Crippen LogP contribution in [0.2, 0.25) is 10.0 Å². The first kappa shape index (κ1) is 18.0. The summed E-state index contributed by atoms with van der Waals surface area (Å²) in [6.07, 6.45) is 0. The minimum Gasteiger partial charge on any atom is -0.508 e. The maximum Gasteiger partial charge on any atom is 0.245 e. The van der Waals surface area contributed by atoms with Crippen LogP contribution in [0.15, 0.2) is 52.2 Å². The average molecular weight is 416 g/mol. The van der Waals surface area contributed by atoms with Gasteiger partial charge >= 0.3 is 0 Å². The molecule has 2 aromatic carbocycles. The molecule has 0 radical (unpaired) electrons. The number of hydrogen-bond donors (Lipinski definition) is 3. The molecular weight excluding hydrogens is 405 g/mol. The van der Waals surface area contributed by atoms with Crippen LogP contribution in [0.3, 0.4) is 0 Å². The van der Waals surface area contributed by atoms with E-state index in [2.05, 4.69) is 30.7 Å². The van der Waals surface area contributed by atoms with Crippen molar-refractivity contribution in [2.45, 2.75) is 0 Å². The number of rotatable bonds is 4. The van der Waals surface area contributed by atoms with Gasteiger partial charge in [0.1, 0.15) is 17.2 Å². The quantitative estimate of drug-likeness (QED) is 0.261. The zero-order valence-electron chi connectivity index (χ0n) is 14.0. The second-order valence-corrected chi connectivity index (χ2v) is 6.43. The second kappa shape index (κ2) is 7.29. The van der Waals surface area contributed by atoms with Gasteiger partial charge in [0, 0.05) is 11.3 Å². The fraction of sp³-hybridized carbons (Fsp3) is 0. The Kier molecular flexibility index (Phi) is 4.68. The molecule has 9 nitrogen and oxygen atoms in total. The molecule has 0 saturated carbocycles. The Morgan fingerprint density at radius 3 is 2.54 bits per heavy atom. The number of fused-ring (bicyclic) bond motifs is 1. The van der Waals surface area contributed by atoms with E-state index in [0.717, 1.165) is 0 Å². The highest BCUT2D eigenvalue weighted by atomic mass is 35.5. The first-order valence-corrected chi connectivity index (χ1v) is 8.61. The van der Waals surface area contributed by atoms with Crippen molar-refractivity contribution in [3.05, 3.63) is 63.8 Å².